The van der Waals surface area contributed by atoms with Crippen LogP contribution in [0, 0.1) is 5.41 Å². The summed E-state index contributed by atoms with van der Waals surface area (Å²) in [6, 6.07) is 14.7. The third kappa shape index (κ3) is 3.59. The molecule has 142 valence electrons. The average Bonchev–Trinajstić information content (AvgIpc) is 2.61. The standard InChI is InChI=1S/C21H28N2O2.ClH/c1-4-25-18-14-21(22,20(18,2)3)19(24)23-12-11-15-9-10-16-7-5-6-8-17(16)13-15;/h5-10,13,18H,4,11-12,14,22H2,1-3H3,(H,23,24);1H. The van der Waals surface area contributed by atoms with Crippen LogP contribution in [-0.4, -0.2) is 30.7 Å². The van der Waals surface area contributed by atoms with Crippen molar-refractivity contribution in [3.05, 3.63) is 48.0 Å². The van der Waals surface area contributed by atoms with Gasteiger partial charge in [-0.3, -0.25) is 4.79 Å². The minimum atomic E-state index is -0.851. The molecule has 4 nitrogen and oxygen atoms in total. The first-order valence-electron chi connectivity index (χ1n) is 9.05. The predicted molar refractivity (Wildman–Crippen MR) is 109 cm³/mol. The van der Waals surface area contributed by atoms with E-state index in [9.17, 15) is 4.79 Å². The first kappa shape index (κ1) is 20.7. The van der Waals surface area contributed by atoms with E-state index in [1.807, 2.05) is 32.9 Å². The molecular formula is C21H29ClN2O2. The highest BCUT2D eigenvalue weighted by Crippen LogP contribution is 2.49. The number of hydrogen-bond donors (Lipinski definition) is 2. The van der Waals surface area contributed by atoms with Crippen LogP contribution >= 0.6 is 12.4 Å². The van der Waals surface area contributed by atoms with Crippen molar-refractivity contribution >= 4 is 29.1 Å². The molecule has 1 aliphatic rings. The monoisotopic (exact) mass is 376 g/mol. The highest BCUT2D eigenvalue weighted by Gasteiger charge is 2.62. The van der Waals surface area contributed by atoms with Gasteiger partial charge < -0.3 is 15.8 Å². The fourth-order valence-corrected chi connectivity index (χ4v) is 3.69. The zero-order valence-corrected chi connectivity index (χ0v) is 16.6. The molecule has 2 aromatic rings. The Bertz CT molecular complexity index is 777. The van der Waals surface area contributed by atoms with E-state index in [0.29, 0.717) is 19.6 Å². The molecule has 0 aliphatic heterocycles. The lowest BCUT2D eigenvalue weighted by Crippen LogP contribution is -2.75. The van der Waals surface area contributed by atoms with Gasteiger partial charge in [-0.15, -0.1) is 12.4 Å². The highest BCUT2D eigenvalue weighted by molar-refractivity contribution is 5.89. The van der Waals surface area contributed by atoms with Crippen LogP contribution in [0.5, 0.6) is 0 Å². The maximum Gasteiger partial charge on any atom is 0.240 e. The number of hydrogen-bond acceptors (Lipinski definition) is 3. The Morgan fingerprint density at radius 2 is 1.92 bits per heavy atom. The van der Waals surface area contributed by atoms with Crippen LogP contribution in [0.4, 0.5) is 0 Å². The minimum Gasteiger partial charge on any atom is -0.378 e. The molecule has 1 fully saturated rings. The first-order valence-corrected chi connectivity index (χ1v) is 9.05. The second kappa shape index (κ2) is 7.95. The summed E-state index contributed by atoms with van der Waals surface area (Å²) in [5, 5.41) is 5.47. The van der Waals surface area contributed by atoms with Gasteiger partial charge in [-0.25, -0.2) is 0 Å². The van der Waals surface area contributed by atoms with E-state index in [1.165, 1.54) is 16.3 Å². The summed E-state index contributed by atoms with van der Waals surface area (Å²) in [7, 11) is 0. The fraction of sp³-hybridized carbons (Fsp3) is 0.476. The zero-order chi connectivity index (χ0) is 18.1. The van der Waals surface area contributed by atoms with Crippen LogP contribution < -0.4 is 11.1 Å². The topological polar surface area (TPSA) is 64.3 Å². The summed E-state index contributed by atoms with van der Waals surface area (Å²) in [6.07, 6.45) is 1.42. The summed E-state index contributed by atoms with van der Waals surface area (Å²) in [5.74, 6) is -0.0748. The van der Waals surface area contributed by atoms with E-state index in [0.717, 1.165) is 6.42 Å². The average molecular weight is 377 g/mol. The summed E-state index contributed by atoms with van der Waals surface area (Å²) in [4.78, 5) is 12.6. The van der Waals surface area contributed by atoms with Crippen molar-refractivity contribution in [2.45, 2.75) is 45.3 Å². The molecule has 0 heterocycles. The van der Waals surface area contributed by atoms with Gasteiger partial charge in [-0.2, -0.15) is 0 Å². The molecule has 0 radical (unpaired) electrons. The fourth-order valence-electron chi connectivity index (χ4n) is 3.69. The van der Waals surface area contributed by atoms with E-state index in [-0.39, 0.29) is 29.8 Å². The van der Waals surface area contributed by atoms with Crippen molar-refractivity contribution in [2.75, 3.05) is 13.2 Å². The van der Waals surface area contributed by atoms with E-state index >= 15 is 0 Å². The molecule has 5 heteroatoms. The van der Waals surface area contributed by atoms with Crippen LogP contribution in [0.3, 0.4) is 0 Å². The normalized spacial score (nSPS) is 23.8. The molecular weight excluding hydrogens is 348 g/mol. The van der Waals surface area contributed by atoms with Gasteiger partial charge in [0.05, 0.1) is 6.10 Å². The number of carbonyl (C=O) groups excluding carboxylic acids is 1. The second-order valence-corrected chi connectivity index (χ2v) is 7.53. The van der Waals surface area contributed by atoms with Crippen molar-refractivity contribution in [1.82, 2.24) is 5.32 Å². The van der Waals surface area contributed by atoms with Gasteiger partial charge in [0.25, 0.3) is 0 Å². The Morgan fingerprint density at radius 1 is 1.23 bits per heavy atom. The highest BCUT2D eigenvalue weighted by atomic mass is 35.5. The zero-order valence-electron chi connectivity index (χ0n) is 15.7. The Labute approximate surface area is 161 Å². The first-order chi connectivity index (χ1) is 11.9. The Hall–Kier alpha value is -1.62. The molecule has 26 heavy (non-hydrogen) atoms. The Morgan fingerprint density at radius 3 is 2.58 bits per heavy atom. The van der Waals surface area contributed by atoms with Crippen molar-refractivity contribution < 1.29 is 9.53 Å². The molecule has 2 atom stereocenters. The van der Waals surface area contributed by atoms with Gasteiger partial charge in [0.15, 0.2) is 0 Å². The Balaban J connectivity index is 0.00000243. The van der Waals surface area contributed by atoms with Gasteiger partial charge in [0.1, 0.15) is 5.54 Å². The van der Waals surface area contributed by atoms with Gasteiger partial charge in [-0.1, -0.05) is 56.3 Å². The number of rotatable bonds is 6. The van der Waals surface area contributed by atoms with Crippen LogP contribution in [0.15, 0.2) is 42.5 Å². The van der Waals surface area contributed by atoms with Crippen molar-refractivity contribution in [1.29, 1.82) is 0 Å². The number of fused-ring (bicyclic) bond motifs is 1. The molecule has 0 bridgehead atoms. The van der Waals surface area contributed by atoms with E-state index < -0.39 is 5.54 Å². The molecule has 2 unspecified atom stereocenters. The maximum atomic E-state index is 12.6. The number of nitrogens with two attached hydrogens (primary N) is 1. The molecule has 1 saturated carbocycles. The molecule has 0 spiro atoms. The van der Waals surface area contributed by atoms with Crippen LogP contribution in [-0.2, 0) is 16.0 Å². The van der Waals surface area contributed by atoms with Crippen molar-refractivity contribution in [3.8, 4) is 0 Å². The van der Waals surface area contributed by atoms with E-state index in [2.05, 4.69) is 35.6 Å². The number of nitrogens with one attached hydrogen (secondary N) is 1. The molecule has 0 aromatic heterocycles. The minimum absolute atomic E-state index is 0. The molecule has 0 saturated heterocycles. The quantitative estimate of drug-likeness (QED) is 0.811. The maximum absolute atomic E-state index is 12.6. The predicted octanol–water partition coefficient (Wildman–Crippen LogP) is 3.45. The largest absolute Gasteiger partial charge is 0.378 e. The number of amides is 1. The smallest absolute Gasteiger partial charge is 0.240 e. The van der Waals surface area contributed by atoms with Crippen LogP contribution in [0.1, 0.15) is 32.8 Å². The molecule has 3 rings (SSSR count). The van der Waals surface area contributed by atoms with E-state index in [4.69, 9.17) is 10.5 Å². The summed E-state index contributed by atoms with van der Waals surface area (Å²) in [6.45, 7) is 7.23. The molecule has 1 amide bonds. The van der Waals surface area contributed by atoms with Crippen molar-refractivity contribution in [2.24, 2.45) is 11.1 Å². The van der Waals surface area contributed by atoms with Crippen LogP contribution in [0.25, 0.3) is 10.8 Å². The summed E-state index contributed by atoms with van der Waals surface area (Å²) < 4.78 is 5.69. The van der Waals surface area contributed by atoms with Gasteiger partial charge >= 0.3 is 0 Å². The number of ether oxygens (including phenoxy) is 1. The van der Waals surface area contributed by atoms with Gasteiger partial charge in [0.2, 0.25) is 5.91 Å². The lowest BCUT2D eigenvalue weighted by molar-refractivity contribution is -0.170. The lowest BCUT2D eigenvalue weighted by Gasteiger charge is -2.57. The third-order valence-electron chi connectivity index (χ3n) is 5.75. The third-order valence-corrected chi connectivity index (χ3v) is 5.75. The molecule has 3 N–H and O–H groups in total. The summed E-state index contributed by atoms with van der Waals surface area (Å²) >= 11 is 0. The molecule has 1 aliphatic carbocycles. The Kier molecular flexibility index (Phi) is 6.33. The lowest BCUT2D eigenvalue weighted by atomic mass is 9.54. The van der Waals surface area contributed by atoms with Crippen molar-refractivity contribution in [3.63, 3.8) is 0 Å². The SMILES string of the molecule is CCOC1CC(N)(C(=O)NCCc2ccc3ccccc3c2)C1(C)C.Cl. The van der Waals surface area contributed by atoms with Gasteiger partial charge in [0, 0.05) is 25.0 Å². The number of benzene rings is 2. The molecule has 2 aromatic carbocycles. The second-order valence-electron chi connectivity index (χ2n) is 7.53. The van der Waals surface area contributed by atoms with Crippen LogP contribution in [0.2, 0.25) is 0 Å². The summed E-state index contributed by atoms with van der Waals surface area (Å²) in [5.41, 5.74) is 6.42. The number of halogens is 1. The van der Waals surface area contributed by atoms with E-state index in [1.54, 1.807) is 0 Å². The number of carbonyl (C=O) groups is 1. The van der Waals surface area contributed by atoms with Gasteiger partial charge in [-0.05, 0) is 29.7 Å².